The Labute approximate surface area is 624 Å². The first-order valence-corrected chi connectivity index (χ1v) is 35.4. The lowest BCUT2D eigenvalue weighted by Gasteiger charge is -2.22. The second kappa shape index (κ2) is 34.4. The van der Waals surface area contributed by atoms with Crippen LogP contribution in [0.1, 0.15) is 107 Å². The van der Waals surface area contributed by atoms with Gasteiger partial charge in [-0.2, -0.15) is 53.1 Å². The molecule has 15 rings (SSSR count). The summed E-state index contributed by atoms with van der Waals surface area (Å²) >= 11 is 0. The number of benzene rings is 6. The highest BCUT2D eigenvalue weighted by atomic mass is 19.4. The molecule has 0 amide bonds. The number of nitrogens with zero attached hydrogens (tertiary/aromatic N) is 15. The maximum atomic E-state index is 13.5. The first kappa shape index (κ1) is 76.1. The minimum absolute atomic E-state index is 0.0155. The van der Waals surface area contributed by atoms with E-state index >= 15 is 0 Å². The van der Waals surface area contributed by atoms with Crippen molar-refractivity contribution in [2.75, 3.05) is 19.6 Å². The van der Waals surface area contributed by atoms with Crippen LogP contribution in [0.25, 0.3) is 49.3 Å². The fourth-order valence-corrected chi connectivity index (χ4v) is 12.5. The second-order valence-electron chi connectivity index (χ2n) is 25.9. The number of rotatable bonds is 26. The fraction of sp³-hybridized carbons (Fsp3) is 0.250. The molecule has 3 N–H and O–H groups in total. The van der Waals surface area contributed by atoms with Crippen LogP contribution in [0.5, 0.6) is 17.6 Å². The van der Waals surface area contributed by atoms with Crippen molar-refractivity contribution in [3.63, 3.8) is 0 Å². The van der Waals surface area contributed by atoms with Crippen molar-refractivity contribution in [1.29, 1.82) is 0 Å². The van der Waals surface area contributed by atoms with Gasteiger partial charge in [0.15, 0.2) is 16.9 Å². The van der Waals surface area contributed by atoms with Crippen molar-refractivity contribution in [2.24, 2.45) is 5.92 Å². The van der Waals surface area contributed by atoms with Crippen LogP contribution in [-0.4, -0.2) is 94.0 Å². The van der Waals surface area contributed by atoms with E-state index in [1.54, 1.807) is 79.0 Å². The molecule has 0 fully saturated rings. The van der Waals surface area contributed by atoms with Gasteiger partial charge in [-0.15, -0.1) is 45.9 Å². The molecule has 2 unspecified atom stereocenters. The predicted octanol–water partition coefficient (Wildman–Crippen LogP) is 16.0. The molecule has 6 aromatic carbocycles. The molecule has 9 aromatic heterocycles. The molecule has 0 aliphatic carbocycles. The summed E-state index contributed by atoms with van der Waals surface area (Å²) in [5, 5.41) is 46.9. The zero-order valence-electron chi connectivity index (χ0n) is 59.6. The number of fused-ring (bicyclic) bond motifs is 9. The van der Waals surface area contributed by atoms with Crippen molar-refractivity contribution in [2.45, 2.75) is 103 Å². The molecule has 110 heavy (non-hydrogen) atoms. The smallest absolute Gasteiger partial charge is 0.453 e. The zero-order valence-corrected chi connectivity index (χ0v) is 59.6. The first-order chi connectivity index (χ1) is 53.2. The largest absolute Gasteiger partial charge is 0.470 e. The number of aromatic nitrogens is 15. The van der Waals surface area contributed by atoms with Crippen LogP contribution in [0.15, 0.2) is 219 Å². The molecule has 0 aliphatic rings. The van der Waals surface area contributed by atoms with Gasteiger partial charge in [0.2, 0.25) is 17.6 Å². The van der Waals surface area contributed by atoms with Gasteiger partial charge < -0.3 is 30.2 Å². The van der Waals surface area contributed by atoms with Crippen molar-refractivity contribution in [3.8, 4) is 17.6 Å². The molecule has 9 heterocycles. The molecule has 0 radical (unpaired) electrons. The third-order valence-corrected chi connectivity index (χ3v) is 17.8. The van der Waals surface area contributed by atoms with E-state index in [0.29, 0.717) is 69.5 Å². The van der Waals surface area contributed by atoms with E-state index < -0.39 is 36.0 Å². The monoisotopic (exact) mass is 1500 g/mol. The summed E-state index contributed by atoms with van der Waals surface area (Å²) in [5.74, 6) is -3.18. The average molecular weight is 1510 g/mol. The predicted molar refractivity (Wildman–Crippen MR) is 394 cm³/mol. The summed E-state index contributed by atoms with van der Waals surface area (Å²) < 4.78 is 141. The molecular weight excluding hydrogens is 1430 g/mol. The lowest BCUT2D eigenvalue weighted by molar-refractivity contribution is -0.147. The van der Waals surface area contributed by atoms with Gasteiger partial charge in [-0.05, 0) is 128 Å². The van der Waals surface area contributed by atoms with Crippen molar-refractivity contribution in [1.82, 2.24) is 90.3 Å². The number of ether oxygens (including phenoxy) is 3. The van der Waals surface area contributed by atoms with Gasteiger partial charge in [0, 0.05) is 51.1 Å². The molecule has 0 bridgehead atoms. The summed E-state index contributed by atoms with van der Waals surface area (Å²) in [7, 11) is 0. The first-order valence-electron chi connectivity index (χ1n) is 35.4. The molecule has 0 spiro atoms. The maximum absolute atomic E-state index is 13.5. The Bertz CT molecular complexity index is 5570. The fourth-order valence-electron chi connectivity index (χ4n) is 12.5. The molecular formula is C80H73F9N18O3. The Balaban J connectivity index is 0.000000145. The topological polar surface area (TPSA) is 232 Å². The van der Waals surface area contributed by atoms with Gasteiger partial charge in [0.1, 0.15) is 19.8 Å². The van der Waals surface area contributed by atoms with Gasteiger partial charge in [0.05, 0.1) is 34.5 Å². The summed E-state index contributed by atoms with van der Waals surface area (Å²) in [6, 6.07) is 66.7. The number of nitrogens with one attached hydrogen (secondary N) is 3. The van der Waals surface area contributed by atoms with Crippen LogP contribution >= 0.6 is 0 Å². The normalized spacial score (nSPS) is 12.5. The third-order valence-electron chi connectivity index (χ3n) is 17.8. The van der Waals surface area contributed by atoms with Crippen molar-refractivity contribution >= 4 is 49.3 Å². The van der Waals surface area contributed by atoms with E-state index in [1.807, 2.05) is 103 Å². The zero-order chi connectivity index (χ0) is 76.8. The average Bonchev–Trinajstić information content (AvgIpc) is 1.58. The van der Waals surface area contributed by atoms with Crippen LogP contribution in [0, 0.1) is 5.92 Å². The number of hydrogen-bond acceptors (Lipinski definition) is 18. The van der Waals surface area contributed by atoms with Crippen LogP contribution in [0.4, 0.5) is 39.5 Å². The molecule has 2 atom stereocenters. The standard InChI is InChI=1S/C28H27F3N6O.C27H25F3N6O.C25H21F3N6O/c1-18(2)24(32-16-15-19-9-4-3-5-10-19)23-14-8-11-20(33-23)17-38-26-22-13-7-6-12-21(22)25-34-35-27(28(29,30)31)37(25)36-26;1-2-22(31-16-15-18-9-4-3-5-10-18)23-14-8-11-19(32-23)17-37-25-21-13-7-6-12-20(21)24-33-34-26(27(28,29)30)36(24)35-25;26-25(27,28)24-32-31-22-20-8-4-5-9-21(20)23(33-34(22)24)35-16-19-14-18(11-13-30-19)15-29-12-10-17-6-2-1-3-7-17/h3-14,18,24,32H,15-17H2,1-2H3;3-14,22,31H,2,15-17H2,1H3;1-9,11,13-14,29H,10,12,15-16H2. The minimum atomic E-state index is -4.71. The minimum Gasteiger partial charge on any atom is -0.470 e. The number of hydrogen-bond donors (Lipinski definition) is 3. The molecule has 21 nitrogen and oxygen atoms in total. The summed E-state index contributed by atoms with van der Waals surface area (Å²) in [4.78, 5) is 13.9. The lowest BCUT2D eigenvalue weighted by Crippen LogP contribution is -2.28. The molecule has 0 saturated heterocycles. The summed E-state index contributed by atoms with van der Waals surface area (Å²) in [5.41, 5.74) is 8.54. The molecule has 564 valence electrons. The Hall–Kier alpha value is -12.2. The molecule has 15 aromatic rings. The Morgan fingerprint density at radius 3 is 1.16 bits per heavy atom. The van der Waals surface area contributed by atoms with E-state index in [4.69, 9.17) is 24.2 Å². The SMILES string of the molecule is CC(C)C(NCCc1ccccc1)c1cccc(COc2nn3c(C(F)(F)F)nnc3c3ccccc23)n1.CCC(NCCc1ccccc1)c1cccc(COc2nn3c(C(F)(F)F)nnc3c3ccccc23)n1.FC(F)(F)c1nnc2c3ccccc3c(OCc3cc(CNCCc4ccccc4)ccn3)nn12. The summed E-state index contributed by atoms with van der Waals surface area (Å²) in [6.45, 7) is 9.57. The van der Waals surface area contributed by atoms with E-state index in [-0.39, 0.29) is 72.4 Å². The number of pyridine rings is 3. The van der Waals surface area contributed by atoms with E-state index in [9.17, 15) is 39.5 Å². The lowest BCUT2D eigenvalue weighted by atomic mass is 9.99. The number of alkyl halides is 9. The van der Waals surface area contributed by atoms with Gasteiger partial charge in [0.25, 0.3) is 17.5 Å². The van der Waals surface area contributed by atoms with Crippen LogP contribution in [0.3, 0.4) is 0 Å². The Kier molecular flexibility index (Phi) is 23.8. The van der Waals surface area contributed by atoms with Crippen molar-refractivity contribution < 1.29 is 53.7 Å². The van der Waals surface area contributed by atoms with Crippen LogP contribution in [0.2, 0.25) is 0 Å². The third kappa shape index (κ3) is 18.5. The van der Waals surface area contributed by atoms with Crippen LogP contribution in [-0.2, 0) is 64.2 Å². The highest BCUT2D eigenvalue weighted by Crippen LogP contribution is 2.36. The quantitative estimate of drug-likeness (QED) is 0.0338. The number of halogens is 9. The van der Waals surface area contributed by atoms with E-state index in [1.165, 1.54) is 16.7 Å². The van der Waals surface area contributed by atoms with Gasteiger partial charge in [-0.25, -0.2) is 0 Å². The highest BCUT2D eigenvalue weighted by Gasteiger charge is 2.41. The van der Waals surface area contributed by atoms with Crippen LogP contribution < -0.4 is 30.2 Å². The Morgan fingerprint density at radius 1 is 0.382 bits per heavy atom. The van der Waals surface area contributed by atoms with Crippen molar-refractivity contribution in [3.05, 3.63) is 287 Å². The van der Waals surface area contributed by atoms with E-state index in [2.05, 4.69) is 124 Å². The molecule has 0 saturated carbocycles. The van der Waals surface area contributed by atoms with E-state index in [0.717, 1.165) is 62.3 Å². The second-order valence-corrected chi connectivity index (χ2v) is 25.9. The molecule has 30 heteroatoms. The maximum Gasteiger partial charge on any atom is 0.453 e. The molecule has 0 aliphatic heterocycles. The van der Waals surface area contributed by atoms with Gasteiger partial charge >= 0.3 is 18.5 Å². The highest BCUT2D eigenvalue weighted by molar-refractivity contribution is 5.98. The summed E-state index contributed by atoms with van der Waals surface area (Å²) in [6.07, 6.45) is -8.85. The Morgan fingerprint density at radius 2 is 0.755 bits per heavy atom. The van der Waals surface area contributed by atoms with Gasteiger partial charge in [-0.3, -0.25) is 15.0 Å². The van der Waals surface area contributed by atoms with Gasteiger partial charge in [-0.1, -0.05) is 178 Å².